The predicted molar refractivity (Wildman–Crippen MR) is 146 cm³/mol. The van der Waals surface area contributed by atoms with Gasteiger partial charge < -0.3 is 14.5 Å². The van der Waals surface area contributed by atoms with Gasteiger partial charge in [-0.05, 0) is 60.2 Å². The van der Waals surface area contributed by atoms with Gasteiger partial charge in [-0.15, -0.1) is 0 Å². The fraction of sp³-hybridized carbons (Fsp3) is 0.241. The molecule has 2 aliphatic rings. The maximum Gasteiger partial charge on any atom is 0.416 e. The second-order valence-electron chi connectivity index (χ2n) is 9.16. The minimum atomic E-state index is -4.43. The van der Waals surface area contributed by atoms with Crippen molar-refractivity contribution in [3.63, 3.8) is 0 Å². The zero-order valence-corrected chi connectivity index (χ0v) is 22.0. The SMILES string of the molecule is COc1ccc(N2CCN(C(=O)CN3C(=O)C(=Cc4ccc(C(F)(F)F)cc4)Sc4ccccc43)CC2)cc1. The molecule has 1 fully saturated rings. The first-order chi connectivity index (χ1) is 18.7. The summed E-state index contributed by atoms with van der Waals surface area (Å²) in [5, 5.41) is 0. The summed E-state index contributed by atoms with van der Waals surface area (Å²) in [5.41, 5.74) is 1.41. The van der Waals surface area contributed by atoms with E-state index in [1.165, 1.54) is 28.8 Å². The van der Waals surface area contributed by atoms with Crippen molar-refractivity contribution in [3.05, 3.63) is 88.8 Å². The summed E-state index contributed by atoms with van der Waals surface area (Å²) in [7, 11) is 1.62. The topological polar surface area (TPSA) is 53.1 Å². The third-order valence-corrected chi connectivity index (χ3v) is 7.81. The van der Waals surface area contributed by atoms with Gasteiger partial charge >= 0.3 is 6.18 Å². The van der Waals surface area contributed by atoms with Crippen LogP contribution < -0.4 is 14.5 Å². The second-order valence-corrected chi connectivity index (χ2v) is 10.2. The van der Waals surface area contributed by atoms with Crippen LogP contribution in [0.15, 0.2) is 82.6 Å². The summed E-state index contributed by atoms with van der Waals surface area (Å²) in [5.74, 6) is 0.265. The number of piperazine rings is 1. The van der Waals surface area contributed by atoms with Crippen molar-refractivity contribution in [2.45, 2.75) is 11.1 Å². The van der Waals surface area contributed by atoms with Crippen LogP contribution in [0.25, 0.3) is 6.08 Å². The minimum Gasteiger partial charge on any atom is -0.497 e. The molecule has 0 spiro atoms. The Bertz CT molecular complexity index is 1380. The van der Waals surface area contributed by atoms with Crippen LogP contribution in [0.2, 0.25) is 0 Å². The molecular weight excluding hydrogens is 527 g/mol. The smallest absolute Gasteiger partial charge is 0.416 e. The summed E-state index contributed by atoms with van der Waals surface area (Å²) < 4.78 is 44.1. The van der Waals surface area contributed by atoms with Gasteiger partial charge in [0.15, 0.2) is 0 Å². The van der Waals surface area contributed by atoms with E-state index in [2.05, 4.69) is 4.90 Å². The van der Waals surface area contributed by atoms with Crippen molar-refractivity contribution in [2.75, 3.05) is 49.6 Å². The molecule has 0 saturated carbocycles. The van der Waals surface area contributed by atoms with E-state index in [1.54, 1.807) is 24.2 Å². The molecule has 2 aliphatic heterocycles. The number of para-hydroxylation sites is 1. The molecule has 2 heterocycles. The molecule has 0 unspecified atom stereocenters. The third kappa shape index (κ3) is 5.90. The predicted octanol–water partition coefficient (Wildman–Crippen LogP) is 5.54. The fourth-order valence-corrected chi connectivity index (χ4v) is 5.64. The highest BCUT2D eigenvalue weighted by Crippen LogP contribution is 2.42. The van der Waals surface area contributed by atoms with Gasteiger partial charge in [-0.3, -0.25) is 14.5 Å². The van der Waals surface area contributed by atoms with Crippen LogP contribution in [0.4, 0.5) is 24.5 Å². The van der Waals surface area contributed by atoms with Crippen LogP contribution in [-0.4, -0.2) is 56.5 Å². The number of rotatable bonds is 5. The fourth-order valence-electron chi connectivity index (χ4n) is 4.58. The Labute approximate surface area is 228 Å². The van der Waals surface area contributed by atoms with Crippen molar-refractivity contribution in [2.24, 2.45) is 0 Å². The molecule has 3 aromatic rings. The number of halogens is 3. The third-order valence-electron chi connectivity index (χ3n) is 6.73. The normalized spacial score (nSPS) is 16.9. The monoisotopic (exact) mass is 553 g/mol. The van der Waals surface area contributed by atoms with E-state index in [4.69, 9.17) is 4.74 Å². The summed E-state index contributed by atoms with van der Waals surface area (Å²) in [4.78, 5) is 33.4. The number of thioether (sulfide) groups is 1. The number of nitrogens with zero attached hydrogens (tertiary/aromatic N) is 3. The van der Waals surface area contributed by atoms with Crippen LogP contribution >= 0.6 is 11.8 Å². The van der Waals surface area contributed by atoms with Crippen LogP contribution in [0, 0.1) is 0 Å². The summed E-state index contributed by atoms with van der Waals surface area (Å²) in [6.07, 6.45) is -2.87. The Balaban J connectivity index is 1.29. The average molecular weight is 554 g/mol. The highest BCUT2D eigenvalue weighted by atomic mass is 32.2. The zero-order chi connectivity index (χ0) is 27.6. The number of carbonyl (C=O) groups is 2. The van der Waals surface area contributed by atoms with Gasteiger partial charge in [0.1, 0.15) is 12.3 Å². The maximum absolute atomic E-state index is 13.5. The zero-order valence-electron chi connectivity index (χ0n) is 21.1. The van der Waals surface area contributed by atoms with Crippen molar-refractivity contribution in [1.29, 1.82) is 0 Å². The minimum absolute atomic E-state index is 0.122. The molecule has 0 bridgehead atoms. The van der Waals surface area contributed by atoms with E-state index >= 15 is 0 Å². The van der Waals surface area contributed by atoms with E-state index in [0.29, 0.717) is 42.3 Å². The maximum atomic E-state index is 13.5. The van der Waals surface area contributed by atoms with Crippen molar-refractivity contribution in [3.8, 4) is 5.75 Å². The molecule has 1 saturated heterocycles. The number of amides is 2. The van der Waals surface area contributed by atoms with Gasteiger partial charge in [0.2, 0.25) is 5.91 Å². The van der Waals surface area contributed by atoms with Gasteiger partial charge in [-0.1, -0.05) is 36.0 Å². The lowest BCUT2D eigenvalue weighted by Crippen LogP contribution is -2.52. The molecule has 2 amide bonds. The number of hydrogen-bond acceptors (Lipinski definition) is 5. The number of alkyl halides is 3. The summed E-state index contributed by atoms with van der Waals surface area (Å²) in [6.45, 7) is 2.26. The highest BCUT2D eigenvalue weighted by molar-refractivity contribution is 8.04. The number of benzene rings is 3. The summed E-state index contributed by atoms with van der Waals surface area (Å²) in [6, 6.07) is 19.7. The first kappa shape index (κ1) is 26.7. The van der Waals surface area contributed by atoms with E-state index in [0.717, 1.165) is 28.5 Å². The van der Waals surface area contributed by atoms with Crippen molar-refractivity contribution < 1.29 is 27.5 Å². The molecule has 0 aliphatic carbocycles. The number of carbonyl (C=O) groups excluding carboxylic acids is 2. The van der Waals surface area contributed by atoms with Crippen molar-refractivity contribution >= 4 is 41.0 Å². The Kier molecular flexibility index (Phi) is 7.56. The Morgan fingerprint density at radius 1 is 0.949 bits per heavy atom. The van der Waals surface area contributed by atoms with Gasteiger partial charge in [0.25, 0.3) is 5.91 Å². The van der Waals surface area contributed by atoms with E-state index in [-0.39, 0.29) is 18.4 Å². The number of anilines is 2. The quantitative estimate of drug-likeness (QED) is 0.389. The molecule has 0 radical (unpaired) electrons. The van der Waals surface area contributed by atoms with Crippen LogP contribution in [0.5, 0.6) is 5.75 Å². The van der Waals surface area contributed by atoms with Gasteiger partial charge in [-0.25, -0.2) is 0 Å². The molecule has 6 nitrogen and oxygen atoms in total. The molecule has 202 valence electrons. The van der Waals surface area contributed by atoms with Crippen LogP contribution in [-0.2, 0) is 15.8 Å². The van der Waals surface area contributed by atoms with Gasteiger partial charge in [-0.2, -0.15) is 13.2 Å². The largest absolute Gasteiger partial charge is 0.497 e. The average Bonchev–Trinajstić information content (AvgIpc) is 2.95. The molecular formula is C29H26F3N3O3S. The second kappa shape index (κ2) is 11.1. The van der Waals surface area contributed by atoms with Crippen LogP contribution in [0.3, 0.4) is 0 Å². The number of ether oxygens (including phenoxy) is 1. The first-order valence-electron chi connectivity index (χ1n) is 12.4. The van der Waals surface area contributed by atoms with Crippen molar-refractivity contribution in [1.82, 2.24) is 4.90 Å². The number of fused-ring (bicyclic) bond motifs is 1. The molecule has 5 rings (SSSR count). The molecule has 10 heteroatoms. The van der Waals surface area contributed by atoms with E-state index in [9.17, 15) is 22.8 Å². The lowest BCUT2D eigenvalue weighted by atomic mass is 10.1. The lowest BCUT2D eigenvalue weighted by molar-refractivity contribution is -0.137. The highest BCUT2D eigenvalue weighted by Gasteiger charge is 2.33. The van der Waals surface area contributed by atoms with E-state index in [1.807, 2.05) is 42.5 Å². The number of hydrogen-bond donors (Lipinski definition) is 0. The molecule has 0 aromatic heterocycles. The Morgan fingerprint density at radius 3 is 2.26 bits per heavy atom. The van der Waals surface area contributed by atoms with Gasteiger partial charge in [0, 0.05) is 36.8 Å². The van der Waals surface area contributed by atoms with Crippen LogP contribution in [0.1, 0.15) is 11.1 Å². The lowest BCUT2D eigenvalue weighted by Gasteiger charge is -2.37. The summed E-state index contributed by atoms with van der Waals surface area (Å²) >= 11 is 1.24. The van der Waals surface area contributed by atoms with E-state index < -0.39 is 11.7 Å². The standard InChI is InChI=1S/C29H26F3N3O3S/c1-38-23-12-10-22(11-13-23)33-14-16-34(17-15-33)27(36)19-35-24-4-2-3-5-25(24)39-26(28(35)37)18-20-6-8-21(9-7-20)29(30,31)32/h2-13,18H,14-17,19H2,1H3. The Morgan fingerprint density at radius 2 is 1.62 bits per heavy atom. The Hall–Kier alpha value is -3.92. The number of methoxy groups -OCH3 is 1. The molecule has 0 atom stereocenters. The molecule has 3 aromatic carbocycles. The van der Waals surface area contributed by atoms with Gasteiger partial charge in [0.05, 0.1) is 23.3 Å². The molecule has 39 heavy (non-hydrogen) atoms. The molecule has 0 N–H and O–H groups in total. The first-order valence-corrected chi connectivity index (χ1v) is 13.2.